The van der Waals surface area contributed by atoms with Crippen molar-refractivity contribution in [2.24, 2.45) is 0 Å². The van der Waals surface area contributed by atoms with E-state index in [-0.39, 0.29) is 22.3 Å². The molecule has 0 unspecified atom stereocenters. The van der Waals surface area contributed by atoms with Crippen molar-refractivity contribution in [2.75, 3.05) is 0 Å². The van der Waals surface area contributed by atoms with Crippen LogP contribution in [0, 0.1) is 0 Å². The Kier molecular flexibility index (Phi) is 6.49. The lowest BCUT2D eigenvalue weighted by Crippen LogP contribution is -2.17. The lowest BCUT2D eigenvalue weighted by Gasteiger charge is -2.20. The molecular formula is C20H18O8. The summed E-state index contributed by atoms with van der Waals surface area (Å²) >= 11 is 0. The molecule has 0 radical (unpaired) electrons. The van der Waals surface area contributed by atoms with Crippen LogP contribution in [0.5, 0.6) is 0 Å². The van der Waals surface area contributed by atoms with Gasteiger partial charge in [0.25, 0.3) is 0 Å². The molecule has 0 aliphatic carbocycles. The highest BCUT2D eigenvalue weighted by atomic mass is 16.4. The van der Waals surface area contributed by atoms with Crippen LogP contribution in [0.1, 0.15) is 22.3 Å². The molecule has 146 valence electrons. The second-order valence-corrected chi connectivity index (χ2v) is 6.17. The number of carboxylic acid groups (broad SMARTS) is 4. The smallest absolute Gasteiger partial charge is 0.307 e. The Hall–Kier alpha value is -3.68. The van der Waals surface area contributed by atoms with Crippen molar-refractivity contribution in [3.8, 4) is 11.1 Å². The molecule has 0 spiro atoms. The van der Waals surface area contributed by atoms with Gasteiger partial charge in [0, 0.05) is 0 Å². The minimum atomic E-state index is -1.27. The van der Waals surface area contributed by atoms with Gasteiger partial charge in [0.2, 0.25) is 0 Å². The number of hydrogen-bond acceptors (Lipinski definition) is 4. The lowest BCUT2D eigenvalue weighted by molar-refractivity contribution is -0.138. The molecule has 28 heavy (non-hydrogen) atoms. The molecule has 0 fully saturated rings. The molecule has 0 aromatic heterocycles. The van der Waals surface area contributed by atoms with E-state index in [1.54, 1.807) is 30.3 Å². The summed E-state index contributed by atoms with van der Waals surface area (Å²) in [5, 5.41) is 37.1. The number of carbonyl (C=O) groups is 4. The Morgan fingerprint density at radius 3 is 1.57 bits per heavy atom. The SMILES string of the molecule is O=C(O)Cc1cc(-c2ccccc2)c(CC(=O)O)c(CC(=O)O)c1CC(=O)O. The second-order valence-electron chi connectivity index (χ2n) is 6.17. The first-order valence-corrected chi connectivity index (χ1v) is 8.28. The molecule has 0 amide bonds. The first-order valence-electron chi connectivity index (χ1n) is 8.28. The summed E-state index contributed by atoms with van der Waals surface area (Å²) < 4.78 is 0. The number of carboxylic acids is 4. The monoisotopic (exact) mass is 386 g/mol. The lowest BCUT2D eigenvalue weighted by atomic mass is 9.83. The summed E-state index contributed by atoms with van der Waals surface area (Å²) in [6.07, 6.45) is -2.25. The highest BCUT2D eigenvalue weighted by Gasteiger charge is 2.24. The van der Waals surface area contributed by atoms with E-state index in [1.165, 1.54) is 6.07 Å². The summed E-state index contributed by atoms with van der Waals surface area (Å²) in [4.78, 5) is 45.5. The zero-order chi connectivity index (χ0) is 20.8. The fourth-order valence-corrected chi connectivity index (χ4v) is 3.17. The fraction of sp³-hybridized carbons (Fsp3) is 0.200. The van der Waals surface area contributed by atoms with Gasteiger partial charge in [-0.2, -0.15) is 0 Å². The molecule has 8 heteroatoms. The van der Waals surface area contributed by atoms with Crippen LogP contribution in [0.15, 0.2) is 36.4 Å². The van der Waals surface area contributed by atoms with Gasteiger partial charge in [-0.1, -0.05) is 30.3 Å². The number of rotatable bonds is 9. The first kappa shape index (κ1) is 20.6. The molecule has 0 saturated heterocycles. The highest BCUT2D eigenvalue weighted by molar-refractivity contribution is 5.84. The molecule has 4 N–H and O–H groups in total. The number of hydrogen-bond donors (Lipinski definition) is 4. The van der Waals surface area contributed by atoms with Gasteiger partial charge in [0.1, 0.15) is 0 Å². The Balaban J connectivity index is 2.89. The van der Waals surface area contributed by atoms with Gasteiger partial charge >= 0.3 is 23.9 Å². The molecule has 0 atom stereocenters. The van der Waals surface area contributed by atoms with Crippen molar-refractivity contribution in [3.05, 3.63) is 58.7 Å². The summed E-state index contributed by atoms with van der Waals surface area (Å²) in [6, 6.07) is 9.98. The van der Waals surface area contributed by atoms with Gasteiger partial charge in [-0.3, -0.25) is 19.2 Å². The van der Waals surface area contributed by atoms with Gasteiger partial charge in [-0.25, -0.2) is 0 Å². The van der Waals surface area contributed by atoms with E-state index in [1.807, 2.05) is 0 Å². The van der Waals surface area contributed by atoms with Gasteiger partial charge in [-0.15, -0.1) is 0 Å². The topological polar surface area (TPSA) is 149 Å². The van der Waals surface area contributed by atoms with Crippen LogP contribution in [0.2, 0.25) is 0 Å². The third-order valence-corrected chi connectivity index (χ3v) is 4.17. The van der Waals surface area contributed by atoms with Crippen LogP contribution >= 0.6 is 0 Å². The molecule has 2 aromatic carbocycles. The van der Waals surface area contributed by atoms with E-state index in [2.05, 4.69) is 0 Å². The molecular weight excluding hydrogens is 368 g/mol. The van der Waals surface area contributed by atoms with Crippen molar-refractivity contribution in [3.63, 3.8) is 0 Å². The third kappa shape index (κ3) is 5.16. The Morgan fingerprint density at radius 2 is 1.07 bits per heavy atom. The maximum atomic E-state index is 11.4. The predicted molar refractivity (Wildman–Crippen MR) is 97.2 cm³/mol. The van der Waals surface area contributed by atoms with Crippen molar-refractivity contribution in [1.29, 1.82) is 0 Å². The van der Waals surface area contributed by atoms with E-state index in [0.717, 1.165) is 0 Å². The standard InChI is InChI=1S/C20H18O8/c21-17(22)7-12-6-13(11-4-2-1-3-5-11)15(9-19(25)26)16(10-20(27)28)14(12)8-18(23)24/h1-6H,7-10H2,(H,21,22)(H,23,24)(H,25,26)(H,27,28). The largest absolute Gasteiger partial charge is 0.481 e. The van der Waals surface area contributed by atoms with Gasteiger partial charge in [0.05, 0.1) is 25.7 Å². The Morgan fingerprint density at radius 1 is 0.607 bits per heavy atom. The summed E-state index contributed by atoms with van der Waals surface area (Å²) in [7, 11) is 0. The van der Waals surface area contributed by atoms with E-state index in [9.17, 15) is 39.6 Å². The zero-order valence-corrected chi connectivity index (χ0v) is 14.7. The predicted octanol–water partition coefficient (Wildman–Crippen LogP) is 1.86. The molecule has 0 heterocycles. The molecule has 8 nitrogen and oxygen atoms in total. The average molecular weight is 386 g/mol. The van der Waals surface area contributed by atoms with Crippen LogP contribution in [0.25, 0.3) is 11.1 Å². The van der Waals surface area contributed by atoms with Crippen LogP contribution in [-0.2, 0) is 44.9 Å². The van der Waals surface area contributed by atoms with E-state index in [4.69, 9.17) is 0 Å². The molecule has 0 saturated carbocycles. The molecule has 2 rings (SSSR count). The third-order valence-electron chi connectivity index (χ3n) is 4.17. The van der Waals surface area contributed by atoms with E-state index in [0.29, 0.717) is 11.1 Å². The van der Waals surface area contributed by atoms with Crippen LogP contribution in [0.4, 0.5) is 0 Å². The highest BCUT2D eigenvalue weighted by Crippen LogP contribution is 2.33. The summed E-state index contributed by atoms with van der Waals surface area (Å²) in [6.45, 7) is 0. The fourth-order valence-electron chi connectivity index (χ4n) is 3.17. The summed E-state index contributed by atoms with van der Waals surface area (Å²) in [5.41, 5.74) is 1.36. The Bertz CT molecular complexity index is 931. The Labute approximate surface area is 159 Å². The van der Waals surface area contributed by atoms with Crippen LogP contribution in [0.3, 0.4) is 0 Å². The van der Waals surface area contributed by atoms with Crippen molar-refractivity contribution in [1.82, 2.24) is 0 Å². The van der Waals surface area contributed by atoms with E-state index >= 15 is 0 Å². The van der Waals surface area contributed by atoms with Gasteiger partial charge < -0.3 is 20.4 Å². The zero-order valence-electron chi connectivity index (χ0n) is 14.7. The molecule has 0 aliphatic rings. The molecule has 0 bridgehead atoms. The number of benzene rings is 2. The molecule has 0 aliphatic heterocycles. The second kappa shape index (κ2) is 8.81. The van der Waals surface area contributed by atoms with Crippen LogP contribution < -0.4 is 0 Å². The van der Waals surface area contributed by atoms with E-state index < -0.39 is 49.6 Å². The normalized spacial score (nSPS) is 10.4. The van der Waals surface area contributed by atoms with Crippen molar-refractivity contribution >= 4 is 23.9 Å². The maximum Gasteiger partial charge on any atom is 0.307 e. The first-order chi connectivity index (χ1) is 13.2. The minimum Gasteiger partial charge on any atom is -0.481 e. The van der Waals surface area contributed by atoms with Crippen LogP contribution in [-0.4, -0.2) is 44.3 Å². The average Bonchev–Trinajstić information content (AvgIpc) is 2.59. The van der Waals surface area contributed by atoms with Crippen molar-refractivity contribution in [2.45, 2.75) is 25.7 Å². The molecule has 2 aromatic rings. The van der Waals surface area contributed by atoms with Crippen molar-refractivity contribution < 1.29 is 39.6 Å². The van der Waals surface area contributed by atoms with Gasteiger partial charge in [-0.05, 0) is 39.4 Å². The van der Waals surface area contributed by atoms with Gasteiger partial charge in [0.15, 0.2) is 0 Å². The minimum absolute atomic E-state index is 0.0354. The quantitative estimate of drug-likeness (QED) is 0.510. The number of aliphatic carboxylic acids is 4. The maximum absolute atomic E-state index is 11.4. The summed E-state index contributed by atoms with van der Waals surface area (Å²) in [5.74, 6) is -4.97.